The van der Waals surface area contributed by atoms with Crippen LogP contribution in [0.15, 0.2) is 12.3 Å². The van der Waals surface area contributed by atoms with Gasteiger partial charge < -0.3 is 11.5 Å². The summed E-state index contributed by atoms with van der Waals surface area (Å²) in [6.07, 6.45) is 1.46. The number of pyridine rings is 1. The van der Waals surface area contributed by atoms with Crippen molar-refractivity contribution in [1.82, 2.24) is 4.98 Å². The summed E-state index contributed by atoms with van der Waals surface area (Å²) in [6.45, 7) is 0.282. The topological polar surface area (TPSA) is 64.9 Å². The summed E-state index contributed by atoms with van der Waals surface area (Å²) >= 11 is 0. The van der Waals surface area contributed by atoms with Gasteiger partial charge in [0.25, 0.3) is 0 Å². The van der Waals surface area contributed by atoms with E-state index in [0.717, 1.165) is 0 Å². The van der Waals surface area contributed by atoms with E-state index in [1.165, 1.54) is 12.3 Å². The van der Waals surface area contributed by atoms with E-state index in [1.807, 2.05) is 0 Å². The summed E-state index contributed by atoms with van der Waals surface area (Å²) in [4.78, 5) is 3.57. The van der Waals surface area contributed by atoms with Gasteiger partial charge in [-0.1, -0.05) is 0 Å². The van der Waals surface area contributed by atoms with Gasteiger partial charge in [0.1, 0.15) is 0 Å². The van der Waals surface area contributed by atoms with Crippen molar-refractivity contribution < 1.29 is 4.39 Å². The number of hydrogen-bond acceptors (Lipinski definition) is 3. The molecule has 10 heavy (non-hydrogen) atoms. The van der Waals surface area contributed by atoms with Gasteiger partial charge in [-0.2, -0.15) is 0 Å². The molecule has 4 heteroatoms. The second-order valence-electron chi connectivity index (χ2n) is 1.91. The molecule has 1 rings (SSSR count). The van der Waals surface area contributed by atoms with Crippen molar-refractivity contribution in [1.29, 1.82) is 0 Å². The Balaban J connectivity index is 3.04. The Morgan fingerprint density at radius 1 is 1.60 bits per heavy atom. The van der Waals surface area contributed by atoms with E-state index >= 15 is 0 Å². The van der Waals surface area contributed by atoms with Crippen LogP contribution in [0.5, 0.6) is 0 Å². The average molecular weight is 141 g/mol. The second kappa shape index (κ2) is 2.62. The number of nitrogens with zero attached hydrogens (tertiary/aromatic N) is 1. The molecule has 1 heterocycles. The van der Waals surface area contributed by atoms with Crippen LogP contribution in [0.25, 0.3) is 0 Å². The molecule has 0 aliphatic rings. The quantitative estimate of drug-likeness (QED) is 0.589. The van der Waals surface area contributed by atoms with Gasteiger partial charge in [0.05, 0.1) is 0 Å². The van der Waals surface area contributed by atoms with Crippen molar-refractivity contribution in [3.8, 4) is 0 Å². The van der Waals surface area contributed by atoms with Crippen LogP contribution >= 0.6 is 0 Å². The molecule has 3 nitrogen and oxygen atoms in total. The zero-order chi connectivity index (χ0) is 7.56. The molecule has 0 unspecified atom stereocenters. The fraction of sp³-hybridized carbons (Fsp3) is 0.167. The first kappa shape index (κ1) is 6.95. The third-order valence-electron chi connectivity index (χ3n) is 1.16. The molecule has 1 aromatic heterocycles. The number of aromatic nitrogens is 1. The molecule has 0 saturated carbocycles. The van der Waals surface area contributed by atoms with Gasteiger partial charge in [-0.3, -0.25) is 0 Å². The molecule has 1 aromatic rings. The van der Waals surface area contributed by atoms with Crippen LogP contribution in [0, 0.1) is 5.82 Å². The number of anilines is 1. The summed E-state index contributed by atoms with van der Waals surface area (Å²) in [6, 6.07) is 1.28. The van der Waals surface area contributed by atoms with Crippen LogP contribution in [0.1, 0.15) is 5.56 Å². The van der Waals surface area contributed by atoms with Gasteiger partial charge in [-0.05, 0) is 11.6 Å². The lowest BCUT2D eigenvalue weighted by molar-refractivity contribution is 0.624. The fourth-order valence-corrected chi connectivity index (χ4v) is 0.600. The molecule has 0 bridgehead atoms. The Hall–Kier alpha value is -1.16. The molecule has 54 valence electrons. The Labute approximate surface area is 57.9 Å². The van der Waals surface area contributed by atoms with Crippen molar-refractivity contribution in [2.75, 3.05) is 5.73 Å². The summed E-state index contributed by atoms with van der Waals surface area (Å²) in [5.41, 5.74) is 11.0. The maximum absolute atomic E-state index is 12.5. The molecule has 0 atom stereocenters. The summed E-state index contributed by atoms with van der Waals surface area (Å²) in [7, 11) is 0. The van der Waals surface area contributed by atoms with E-state index < -0.39 is 5.82 Å². The van der Waals surface area contributed by atoms with Gasteiger partial charge in [0.15, 0.2) is 11.6 Å². The summed E-state index contributed by atoms with van der Waals surface area (Å²) < 4.78 is 12.5. The highest BCUT2D eigenvalue weighted by atomic mass is 19.1. The SMILES string of the molecule is NCc1cnc(N)c(F)c1. The first-order valence-corrected chi connectivity index (χ1v) is 2.84. The molecule has 0 amide bonds. The highest BCUT2D eigenvalue weighted by Crippen LogP contribution is 2.06. The Morgan fingerprint density at radius 2 is 2.30 bits per heavy atom. The molecule has 4 N–H and O–H groups in total. The summed E-state index contributed by atoms with van der Waals surface area (Å²) in [5.74, 6) is -0.597. The predicted molar refractivity (Wildman–Crippen MR) is 36.5 cm³/mol. The third kappa shape index (κ3) is 1.22. The predicted octanol–water partition coefficient (Wildman–Crippen LogP) is 0.262. The van der Waals surface area contributed by atoms with Crippen molar-refractivity contribution in [3.05, 3.63) is 23.6 Å². The Bertz CT molecular complexity index is 236. The van der Waals surface area contributed by atoms with Crippen LogP contribution < -0.4 is 11.5 Å². The maximum Gasteiger partial charge on any atom is 0.165 e. The van der Waals surface area contributed by atoms with E-state index in [0.29, 0.717) is 5.56 Å². The van der Waals surface area contributed by atoms with Crippen LogP contribution in [0.3, 0.4) is 0 Å². The minimum atomic E-state index is -0.511. The van der Waals surface area contributed by atoms with Gasteiger partial charge in [-0.15, -0.1) is 0 Å². The zero-order valence-corrected chi connectivity index (χ0v) is 5.34. The molecule has 0 spiro atoms. The minimum Gasteiger partial charge on any atom is -0.381 e. The molecular weight excluding hydrogens is 133 g/mol. The number of nitrogen functional groups attached to an aromatic ring is 1. The van der Waals surface area contributed by atoms with E-state index in [1.54, 1.807) is 0 Å². The Kier molecular flexibility index (Phi) is 1.82. The smallest absolute Gasteiger partial charge is 0.165 e. The van der Waals surface area contributed by atoms with Crippen LogP contribution in [-0.2, 0) is 6.54 Å². The monoisotopic (exact) mass is 141 g/mol. The van der Waals surface area contributed by atoms with Gasteiger partial charge in [-0.25, -0.2) is 9.37 Å². The number of rotatable bonds is 1. The standard InChI is InChI=1S/C6H8FN3/c7-5-1-4(2-8)3-10-6(5)9/h1,3H,2,8H2,(H2,9,10). The minimum absolute atomic E-state index is 0.0859. The second-order valence-corrected chi connectivity index (χ2v) is 1.91. The number of halogens is 1. The number of hydrogen-bond donors (Lipinski definition) is 2. The van der Waals surface area contributed by atoms with Crippen LogP contribution in [0.4, 0.5) is 10.2 Å². The summed E-state index contributed by atoms with van der Waals surface area (Å²) in [5, 5.41) is 0. The van der Waals surface area contributed by atoms with E-state index in [9.17, 15) is 4.39 Å². The highest BCUT2D eigenvalue weighted by molar-refractivity contribution is 5.31. The molecule has 0 aliphatic heterocycles. The van der Waals surface area contributed by atoms with E-state index in [2.05, 4.69) is 4.98 Å². The Morgan fingerprint density at radius 3 is 2.80 bits per heavy atom. The van der Waals surface area contributed by atoms with Crippen LogP contribution in [-0.4, -0.2) is 4.98 Å². The first-order valence-electron chi connectivity index (χ1n) is 2.84. The molecule has 0 radical (unpaired) electrons. The van der Waals surface area contributed by atoms with Crippen molar-refractivity contribution >= 4 is 5.82 Å². The largest absolute Gasteiger partial charge is 0.381 e. The van der Waals surface area contributed by atoms with E-state index in [4.69, 9.17) is 11.5 Å². The molecule has 0 saturated heterocycles. The zero-order valence-electron chi connectivity index (χ0n) is 5.34. The van der Waals surface area contributed by atoms with Crippen molar-refractivity contribution in [2.45, 2.75) is 6.54 Å². The van der Waals surface area contributed by atoms with E-state index in [-0.39, 0.29) is 12.4 Å². The molecule has 0 aliphatic carbocycles. The van der Waals surface area contributed by atoms with Crippen molar-refractivity contribution in [2.24, 2.45) is 5.73 Å². The lowest BCUT2D eigenvalue weighted by Crippen LogP contribution is -2.01. The van der Waals surface area contributed by atoms with Crippen molar-refractivity contribution in [3.63, 3.8) is 0 Å². The van der Waals surface area contributed by atoms with Gasteiger partial charge in [0.2, 0.25) is 0 Å². The molecule has 0 fully saturated rings. The lowest BCUT2D eigenvalue weighted by Gasteiger charge is -1.97. The highest BCUT2D eigenvalue weighted by Gasteiger charge is 1.98. The first-order chi connectivity index (χ1) is 4.74. The molecular formula is C6H8FN3. The maximum atomic E-state index is 12.5. The number of nitrogens with two attached hydrogens (primary N) is 2. The van der Waals surface area contributed by atoms with Gasteiger partial charge >= 0.3 is 0 Å². The van der Waals surface area contributed by atoms with Crippen LogP contribution in [0.2, 0.25) is 0 Å². The average Bonchev–Trinajstić information content (AvgIpc) is 1.95. The normalized spacial score (nSPS) is 9.80. The fourth-order valence-electron chi connectivity index (χ4n) is 0.600. The molecule has 0 aromatic carbocycles. The third-order valence-corrected chi connectivity index (χ3v) is 1.16. The van der Waals surface area contributed by atoms with Gasteiger partial charge in [0, 0.05) is 12.7 Å². The lowest BCUT2D eigenvalue weighted by atomic mass is 10.3.